The Morgan fingerprint density at radius 3 is 2.37 bits per heavy atom. The van der Waals surface area contributed by atoms with Gasteiger partial charge in [-0.3, -0.25) is 0 Å². The lowest BCUT2D eigenvalue weighted by molar-refractivity contribution is 0.295. The Balaban J connectivity index is 2.37. The minimum atomic E-state index is -0.762. The fraction of sp³-hybridized carbons (Fsp3) is 0.625. The molecule has 1 aliphatic carbocycles. The van der Waals surface area contributed by atoms with Gasteiger partial charge in [-0.1, -0.05) is 32.4 Å². The van der Waals surface area contributed by atoms with E-state index in [1.807, 2.05) is 0 Å². The fourth-order valence-corrected chi connectivity index (χ4v) is 2.99. The Morgan fingerprint density at radius 2 is 1.68 bits per heavy atom. The average molecular weight is 267 g/mol. The molecule has 0 spiro atoms. The molecule has 1 atom stereocenters. The van der Waals surface area contributed by atoms with Gasteiger partial charge < -0.3 is 5.73 Å². The predicted octanol–water partition coefficient (Wildman–Crippen LogP) is 4.42. The predicted molar refractivity (Wildman–Crippen MR) is 73.8 cm³/mol. The van der Waals surface area contributed by atoms with E-state index in [1.54, 1.807) is 19.1 Å². The molecule has 1 aromatic carbocycles. The molecule has 1 nitrogen and oxygen atoms in total. The van der Waals surface area contributed by atoms with E-state index in [4.69, 9.17) is 5.73 Å². The third-order valence-electron chi connectivity index (χ3n) is 4.54. The number of hydrogen-bond acceptors (Lipinski definition) is 1. The van der Waals surface area contributed by atoms with Crippen LogP contribution >= 0.6 is 0 Å². The Hall–Kier alpha value is -0.960. The van der Waals surface area contributed by atoms with Gasteiger partial charge in [0, 0.05) is 11.1 Å². The van der Waals surface area contributed by atoms with Crippen LogP contribution in [0.25, 0.3) is 0 Å². The van der Waals surface area contributed by atoms with E-state index in [0.717, 1.165) is 25.7 Å². The first-order chi connectivity index (χ1) is 8.75. The molecule has 0 bridgehead atoms. The molecule has 0 saturated heterocycles. The molecule has 2 rings (SSSR count). The quantitative estimate of drug-likeness (QED) is 0.749. The van der Waals surface area contributed by atoms with Crippen LogP contribution in [0, 0.1) is 24.0 Å². The van der Waals surface area contributed by atoms with Crippen LogP contribution in [-0.2, 0) is 5.54 Å². The van der Waals surface area contributed by atoms with Crippen molar-refractivity contribution in [1.29, 1.82) is 0 Å². The van der Waals surface area contributed by atoms with Gasteiger partial charge in [-0.25, -0.2) is 8.78 Å². The number of benzene rings is 1. The van der Waals surface area contributed by atoms with E-state index in [2.05, 4.69) is 13.8 Å². The summed E-state index contributed by atoms with van der Waals surface area (Å²) < 4.78 is 27.9. The van der Waals surface area contributed by atoms with Gasteiger partial charge in [0.1, 0.15) is 0 Å². The zero-order chi connectivity index (χ0) is 14.3. The Labute approximate surface area is 114 Å². The van der Waals surface area contributed by atoms with Crippen LogP contribution in [0.5, 0.6) is 0 Å². The Kier molecular flexibility index (Phi) is 3.69. The van der Waals surface area contributed by atoms with E-state index in [-0.39, 0.29) is 5.41 Å². The van der Waals surface area contributed by atoms with E-state index in [1.165, 1.54) is 0 Å². The number of rotatable bonds is 1. The second-order valence-electron chi connectivity index (χ2n) is 6.73. The van der Waals surface area contributed by atoms with Gasteiger partial charge in [0.25, 0.3) is 0 Å². The van der Waals surface area contributed by atoms with Crippen molar-refractivity contribution in [3.63, 3.8) is 0 Å². The van der Waals surface area contributed by atoms with Crippen molar-refractivity contribution in [2.75, 3.05) is 0 Å². The van der Waals surface area contributed by atoms with E-state index >= 15 is 0 Å². The molecule has 1 aromatic rings. The lowest BCUT2D eigenvalue weighted by Gasteiger charge is -2.30. The minimum absolute atomic E-state index is 0.237. The van der Waals surface area contributed by atoms with Crippen LogP contribution in [0.4, 0.5) is 8.78 Å². The van der Waals surface area contributed by atoms with Crippen molar-refractivity contribution in [2.24, 2.45) is 11.1 Å². The van der Waals surface area contributed by atoms with Crippen molar-refractivity contribution in [1.82, 2.24) is 0 Å². The lowest BCUT2D eigenvalue weighted by atomic mass is 9.80. The second-order valence-corrected chi connectivity index (χ2v) is 6.73. The smallest absolute Gasteiger partial charge is 0.164 e. The molecule has 1 unspecified atom stereocenters. The summed E-state index contributed by atoms with van der Waals surface area (Å²) in [4.78, 5) is 0. The van der Waals surface area contributed by atoms with Crippen molar-refractivity contribution < 1.29 is 8.78 Å². The average Bonchev–Trinajstić information content (AvgIpc) is 2.46. The molecular formula is C16H23F2N. The first-order valence-electron chi connectivity index (χ1n) is 6.99. The number of halogens is 2. The van der Waals surface area contributed by atoms with Crippen molar-refractivity contribution >= 4 is 0 Å². The van der Waals surface area contributed by atoms with Gasteiger partial charge in [0.15, 0.2) is 11.6 Å². The molecule has 0 radical (unpaired) electrons. The molecule has 1 saturated carbocycles. The molecule has 0 amide bonds. The molecule has 106 valence electrons. The van der Waals surface area contributed by atoms with Crippen molar-refractivity contribution in [3.8, 4) is 0 Å². The molecule has 0 aromatic heterocycles. The molecule has 1 fully saturated rings. The molecule has 1 aliphatic rings. The van der Waals surface area contributed by atoms with Gasteiger partial charge in [0.2, 0.25) is 0 Å². The maximum atomic E-state index is 14.2. The molecule has 2 N–H and O–H groups in total. The number of nitrogens with two attached hydrogens (primary N) is 1. The summed E-state index contributed by atoms with van der Waals surface area (Å²) in [5, 5.41) is 0. The van der Waals surface area contributed by atoms with Crippen LogP contribution < -0.4 is 5.73 Å². The lowest BCUT2D eigenvalue weighted by Crippen LogP contribution is -2.37. The zero-order valence-electron chi connectivity index (χ0n) is 12.0. The number of hydrogen-bond donors (Lipinski definition) is 1. The SMILES string of the molecule is Cc1ccc(C2(N)CCCC(C)(C)CC2)c(F)c1F. The van der Waals surface area contributed by atoms with Gasteiger partial charge in [-0.05, 0) is 43.6 Å². The van der Waals surface area contributed by atoms with E-state index in [9.17, 15) is 8.78 Å². The van der Waals surface area contributed by atoms with Gasteiger partial charge in [-0.2, -0.15) is 0 Å². The fourth-order valence-electron chi connectivity index (χ4n) is 2.99. The second kappa shape index (κ2) is 4.86. The summed E-state index contributed by atoms with van der Waals surface area (Å²) in [5.41, 5.74) is 6.60. The van der Waals surface area contributed by atoms with E-state index in [0.29, 0.717) is 17.5 Å². The zero-order valence-corrected chi connectivity index (χ0v) is 12.0. The maximum Gasteiger partial charge on any atom is 0.164 e. The van der Waals surface area contributed by atoms with Crippen molar-refractivity contribution in [3.05, 3.63) is 34.9 Å². The molecule has 0 heterocycles. The monoisotopic (exact) mass is 267 g/mol. The van der Waals surface area contributed by atoms with Crippen LogP contribution in [-0.4, -0.2) is 0 Å². The van der Waals surface area contributed by atoms with Crippen molar-refractivity contribution in [2.45, 2.75) is 58.4 Å². The third kappa shape index (κ3) is 2.81. The van der Waals surface area contributed by atoms with Crippen LogP contribution in [0.15, 0.2) is 12.1 Å². The molecule has 0 aliphatic heterocycles. The van der Waals surface area contributed by atoms with Gasteiger partial charge in [-0.15, -0.1) is 0 Å². The third-order valence-corrected chi connectivity index (χ3v) is 4.54. The Bertz CT molecular complexity index is 482. The highest BCUT2D eigenvalue weighted by Crippen LogP contribution is 2.42. The molecular weight excluding hydrogens is 244 g/mol. The maximum absolute atomic E-state index is 14.2. The normalized spacial score (nSPS) is 27.1. The van der Waals surface area contributed by atoms with Crippen LogP contribution in [0.3, 0.4) is 0 Å². The summed E-state index contributed by atoms with van der Waals surface area (Å²) in [6.07, 6.45) is 4.41. The number of aryl methyl sites for hydroxylation is 1. The standard InChI is InChI=1S/C16H23F2N/c1-11-5-6-12(14(18)13(11)17)16(19)8-4-7-15(2,3)9-10-16/h5-6H,4,7-10,19H2,1-3H3. The van der Waals surface area contributed by atoms with E-state index < -0.39 is 17.2 Å². The summed E-state index contributed by atoms with van der Waals surface area (Å²) in [5.74, 6) is -1.52. The summed E-state index contributed by atoms with van der Waals surface area (Å²) >= 11 is 0. The first kappa shape index (κ1) is 14.4. The summed E-state index contributed by atoms with van der Waals surface area (Å²) in [6.45, 7) is 6.00. The molecule has 3 heteroatoms. The minimum Gasteiger partial charge on any atom is -0.321 e. The topological polar surface area (TPSA) is 26.0 Å². The summed E-state index contributed by atoms with van der Waals surface area (Å²) in [7, 11) is 0. The molecule has 19 heavy (non-hydrogen) atoms. The van der Waals surface area contributed by atoms with Gasteiger partial charge >= 0.3 is 0 Å². The highest BCUT2D eigenvalue weighted by Gasteiger charge is 2.36. The highest BCUT2D eigenvalue weighted by molar-refractivity contribution is 5.31. The van der Waals surface area contributed by atoms with Crippen LogP contribution in [0.2, 0.25) is 0 Å². The first-order valence-corrected chi connectivity index (χ1v) is 6.99. The largest absolute Gasteiger partial charge is 0.321 e. The van der Waals surface area contributed by atoms with Gasteiger partial charge in [0.05, 0.1) is 0 Å². The summed E-state index contributed by atoms with van der Waals surface area (Å²) in [6, 6.07) is 3.28. The Morgan fingerprint density at radius 1 is 1.00 bits per heavy atom. The van der Waals surface area contributed by atoms with Crippen LogP contribution in [0.1, 0.15) is 57.1 Å². The highest BCUT2D eigenvalue weighted by atomic mass is 19.2.